The SMILES string of the molecule is O=CCCC(=O)C(=O)CCC=O. The zero-order valence-electron chi connectivity index (χ0n) is 6.62. The first-order chi connectivity index (χ1) is 5.72. The second kappa shape index (κ2) is 6.39. The minimum atomic E-state index is -0.566. The molecular weight excluding hydrogens is 160 g/mol. The maximum absolute atomic E-state index is 10.8. The van der Waals surface area contributed by atoms with Crippen molar-refractivity contribution in [2.75, 3.05) is 0 Å². The smallest absolute Gasteiger partial charge is 0.198 e. The fourth-order valence-corrected chi connectivity index (χ4v) is 0.659. The van der Waals surface area contributed by atoms with Crippen LogP contribution in [0.4, 0.5) is 0 Å². The van der Waals surface area contributed by atoms with Gasteiger partial charge in [-0.1, -0.05) is 0 Å². The molecule has 0 bridgehead atoms. The lowest BCUT2D eigenvalue weighted by Gasteiger charge is -1.93. The van der Waals surface area contributed by atoms with Gasteiger partial charge in [-0.3, -0.25) is 9.59 Å². The summed E-state index contributed by atoms with van der Waals surface area (Å²) in [5, 5.41) is 0. The predicted octanol–water partition coefficient (Wildman–Crippen LogP) is 0.0828. The van der Waals surface area contributed by atoms with Gasteiger partial charge in [0.05, 0.1) is 0 Å². The minimum Gasteiger partial charge on any atom is -0.303 e. The number of Topliss-reactive ketones (excluding diaryl/α,β-unsaturated/α-hetero) is 2. The quantitative estimate of drug-likeness (QED) is 0.401. The molecule has 0 aliphatic heterocycles. The molecule has 0 atom stereocenters. The Kier molecular flexibility index (Phi) is 5.69. The lowest BCUT2D eigenvalue weighted by molar-refractivity contribution is -0.137. The van der Waals surface area contributed by atoms with Crippen molar-refractivity contribution < 1.29 is 19.2 Å². The summed E-state index contributed by atoms with van der Waals surface area (Å²) < 4.78 is 0. The number of aldehydes is 2. The normalized spacial score (nSPS) is 9.00. The van der Waals surface area contributed by atoms with Gasteiger partial charge in [0.25, 0.3) is 0 Å². The summed E-state index contributed by atoms with van der Waals surface area (Å²) in [4.78, 5) is 41.2. The maximum atomic E-state index is 10.8. The van der Waals surface area contributed by atoms with E-state index in [0.717, 1.165) is 0 Å². The third kappa shape index (κ3) is 4.49. The molecule has 66 valence electrons. The third-order valence-electron chi connectivity index (χ3n) is 1.29. The van der Waals surface area contributed by atoms with Crippen LogP contribution in [0.25, 0.3) is 0 Å². The molecule has 0 rings (SSSR count). The van der Waals surface area contributed by atoms with E-state index in [1.165, 1.54) is 0 Å². The van der Waals surface area contributed by atoms with E-state index in [1.807, 2.05) is 0 Å². The van der Waals surface area contributed by atoms with Gasteiger partial charge in [-0.15, -0.1) is 0 Å². The highest BCUT2D eigenvalue weighted by molar-refractivity contribution is 6.37. The van der Waals surface area contributed by atoms with Gasteiger partial charge in [0.1, 0.15) is 12.6 Å². The summed E-state index contributed by atoms with van der Waals surface area (Å²) in [6.07, 6.45) is 1.25. The molecule has 0 N–H and O–H groups in total. The minimum absolute atomic E-state index is 0.0405. The van der Waals surface area contributed by atoms with Crippen molar-refractivity contribution in [3.63, 3.8) is 0 Å². The molecule has 0 amide bonds. The first-order valence-electron chi connectivity index (χ1n) is 3.65. The Morgan fingerprint density at radius 3 is 1.42 bits per heavy atom. The molecular formula is C8H10O4. The summed E-state index contributed by atoms with van der Waals surface area (Å²) in [7, 11) is 0. The Labute approximate surface area is 69.9 Å². The standard InChI is InChI=1S/C8H10O4/c9-5-1-3-7(11)8(12)4-2-6-10/h5-6H,1-4H2. The van der Waals surface area contributed by atoms with Gasteiger partial charge in [0.2, 0.25) is 0 Å². The lowest BCUT2D eigenvalue weighted by Crippen LogP contribution is -2.13. The number of carbonyl (C=O) groups is 4. The van der Waals surface area contributed by atoms with Gasteiger partial charge in [0, 0.05) is 25.7 Å². The van der Waals surface area contributed by atoms with E-state index >= 15 is 0 Å². The fourth-order valence-electron chi connectivity index (χ4n) is 0.659. The zero-order valence-corrected chi connectivity index (χ0v) is 6.62. The topological polar surface area (TPSA) is 68.3 Å². The summed E-state index contributed by atoms with van der Waals surface area (Å²) in [5.74, 6) is -1.13. The second-order valence-electron chi connectivity index (χ2n) is 2.26. The van der Waals surface area contributed by atoms with Crippen LogP contribution < -0.4 is 0 Å². The van der Waals surface area contributed by atoms with Gasteiger partial charge in [-0.2, -0.15) is 0 Å². The van der Waals surface area contributed by atoms with Crippen LogP contribution in [-0.2, 0) is 19.2 Å². The number of rotatable bonds is 7. The van der Waals surface area contributed by atoms with Crippen LogP contribution in [0.3, 0.4) is 0 Å². The van der Waals surface area contributed by atoms with Crippen LogP contribution in [-0.4, -0.2) is 24.1 Å². The van der Waals surface area contributed by atoms with Crippen LogP contribution in [0.15, 0.2) is 0 Å². The van der Waals surface area contributed by atoms with Crippen molar-refractivity contribution in [1.82, 2.24) is 0 Å². The Balaban J connectivity index is 3.68. The first kappa shape index (κ1) is 10.7. The average molecular weight is 170 g/mol. The molecule has 0 aliphatic carbocycles. The molecule has 0 unspecified atom stereocenters. The van der Waals surface area contributed by atoms with Crippen molar-refractivity contribution >= 4 is 24.1 Å². The van der Waals surface area contributed by atoms with Crippen LogP contribution in [0.1, 0.15) is 25.7 Å². The number of ketones is 2. The van der Waals surface area contributed by atoms with E-state index in [9.17, 15) is 19.2 Å². The second-order valence-corrected chi connectivity index (χ2v) is 2.26. The lowest BCUT2D eigenvalue weighted by atomic mass is 10.1. The highest BCUT2D eigenvalue weighted by Gasteiger charge is 2.11. The zero-order chi connectivity index (χ0) is 9.40. The summed E-state index contributed by atoms with van der Waals surface area (Å²) in [6.45, 7) is 0. The van der Waals surface area contributed by atoms with Crippen LogP contribution in [0, 0.1) is 0 Å². The summed E-state index contributed by atoms with van der Waals surface area (Å²) >= 11 is 0. The van der Waals surface area contributed by atoms with E-state index in [-0.39, 0.29) is 25.7 Å². The van der Waals surface area contributed by atoms with Crippen molar-refractivity contribution in [3.05, 3.63) is 0 Å². The Bertz CT molecular complexity index is 173. The highest BCUT2D eigenvalue weighted by Crippen LogP contribution is 1.95. The Hall–Kier alpha value is -1.32. The van der Waals surface area contributed by atoms with Gasteiger partial charge in [0.15, 0.2) is 11.6 Å². The largest absolute Gasteiger partial charge is 0.303 e. The number of carbonyl (C=O) groups excluding carboxylic acids is 4. The van der Waals surface area contributed by atoms with Crippen molar-refractivity contribution in [1.29, 1.82) is 0 Å². The number of hydrogen-bond donors (Lipinski definition) is 0. The van der Waals surface area contributed by atoms with Gasteiger partial charge in [-0.25, -0.2) is 0 Å². The fraction of sp³-hybridized carbons (Fsp3) is 0.500. The average Bonchev–Trinajstić information content (AvgIpc) is 2.10. The molecule has 0 aromatic heterocycles. The molecule has 0 saturated heterocycles. The van der Waals surface area contributed by atoms with E-state index in [2.05, 4.69) is 0 Å². The first-order valence-corrected chi connectivity index (χ1v) is 3.65. The Morgan fingerprint density at radius 2 is 1.17 bits per heavy atom. The molecule has 4 heteroatoms. The molecule has 0 radical (unpaired) electrons. The predicted molar refractivity (Wildman–Crippen MR) is 40.6 cm³/mol. The van der Waals surface area contributed by atoms with Crippen LogP contribution in [0.5, 0.6) is 0 Å². The molecule has 0 aromatic rings. The molecule has 0 aliphatic rings. The third-order valence-corrected chi connectivity index (χ3v) is 1.29. The van der Waals surface area contributed by atoms with E-state index in [4.69, 9.17) is 0 Å². The summed E-state index contributed by atoms with van der Waals surface area (Å²) in [6, 6.07) is 0. The van der Waals surface area contributed by atoms with Crippen molar-refractivity contribution in [2.24, 2.45) is 0 Å². The van der Waals surface area contributed by atoms with Gasteiger partial charge < -0.3 is 9.59 Å². The van der Waals surface area contributed by atoms with Crippen molar-refractivity contribution in [2.45, 2.75) is 25.7 Å². The maximum Gasteiger partial charge on any atom is 0.198 e. The molecule has 4 nitrogen and oxygen atoms in total. The van der Waals surface area contributed by atoms with Gasteiger partial charge in [-0.05, 0) is 0 Å². The van der Waals surface area contributed by atoms with E-state index in [0.29, 0.717) is 12.6 Å². The molecule has 0 fully saturated rings. The van der Waals surface area contributed by atoms with E-state index < -0.39 is 11.6 Å². The highest BCUT2D eigenvalue weighted by atomic mass is 16.2. The molecule has 0 spiro atoms. The Morgan fingerprint density at radius 1 is 0.833 bits per heavy atom. The van der Waals surface area contributed by atoms with Crippen molar-refractivity contribution in [3.8, 4) is 0 Å². The monoisotopic (exact) mass is 170 g/mol. The van der Waals surface area contributed by atoms with E-state index in [1.54, 1.807) is 0 Å². The van der Waals surface area contributed by atoms with Crippen LogP contribution in [0.2, 0.25) is 0 Å². The molecule has 12 heavy (non-hydrogen) atoms. The summed E-state index contributed by atoms with van der Waals surface area (Å²) in [5.41, 5.74) is 0. The van der Waals surface area contributed by atoms with Gasteiger partial charge >= 0.3 is 0 Å². The number of hydrogen-bond acceptors (Lipinski definition) is 4. The molecule has 0 aromatic carbocycles. The van der Waals surface area contributed by atoms with Crippen LogP contribution >= 0.6 is 0 Å². The molecule has 0 saturated carbocycles. The molecule has 0 heterocycles.